The van der Waals surface area contributed by atoms with Crippen molar-refractivity contribution in [2.24, 2.45) is 4.99 Å². The first-order chi connectivity index (χ1) is 15.0. The van der Waals surface area contributed by atoms with E-state index in [2.05, 4.69) is 15.1 Å². The molecular weight excluding hydrogens is 400 g/mol. The van der Waals surface area contributed by atoms with Gasteiger partial charge in [0.05, 0.1) is 50.1 Å². The van der Waals surface area contributed by atoms with Crippen molar-refractivity contribution in [3.05, 3.63) is 47.6 Å². The fourth-order valence-electron chi connectivity index (χ4n) is 3.57. The summed E-state index contributed by atoms with van der Waals surface area (Å²) >= 11 is 0. The van der Waals surface area contributed by atoms with Gasteiger partial charge in [-0.05, 0) is 19.9 Å². The Morgan fingerprint density at radius 1 is 1.19 bits per heavy atom. The standard InChI is InChI=1S/C21H24N6O4/c1-14-18(15(2)31-8-7-22-14)12-26-11-17(9-23-26)27-20(28)13-25(21(27)29)10-16-5-4-6-19(24-16)30-3/h4-6,9,11H,7-8,10,12-13H2,1-3H3. The molecule has 0 aromatic carbocycles. The summed E-state index contributed by atoms with van der Waals surface area (Å²) in [6.07, 6.45) is 3.20. The number of imide groups is 1. The molecule has 0 bridgehead atoms. The van der Waals surface area contributed by atoms with E-state index in [0.717, 1.165) is 21.9 Å². The Labute approximate surface area is 179 Å². The number of hydrogen-bond donors (Lipinski definition) is 0. The first kappa shape index (κ1) is 20.6. The second-order valence-electron chi connectivity index (χ2n) is 7.29. The summed E-state index contributed by atoms with van der Waals surface area (Å²) in [5.41, 5.74) is 2.91. The number of nitrogens with zero attached hydrogens (tertiary/aromatic N) is 6. The van der Waals surface area contributed by atoms with Crippen LogP contribution in [0.3, 0.4) is 0 Å². The second kappa shape index (κ2) is 8.58. The van der Waals surface area contributed by atoms with E-state index < -0.39 is 6.03 Å². The van der Waals surface area contributed by atoms with E-state index in [4.69, 9.17) is 9.47 Å². The Balaban J connectivity index is 1.49. The van der Waals surface area contributed by atoms with Crippen LogP contribution < -0.4 is 9.64 Å². The van der Waals surface area contributed by atoms with Crippen molar-refractivity contribution in [3.8, 4) is 5.88 Å². The Kier molecular flexibility index (Phi) is 5.70. The van der Waals surface area contributed by atoms with Gasteiger partial charge < -0.3 is 14.4 Å². The quantitative estimate of drug-likeness (QED) is 0.658. The lowest BCUT2D eigenvalue weighted by Gasteiger charge is -2.16. The first-order valence-corrected chi connectivity index (χ1v) is 9.94. The molecule has 2 aliphatic heterocycles. The van der Waals surface area contributed by atoms with Gasteiger partial charge >= 0.3 is 6.03 Å². The summed E-state index contributed by atoms with van der Waals surface area (Å²) in [5, 5.41) is 4.33. The highest BCUT2D eigenvalue weighted by molar-refractivity contribution is 6.19. The second-order valence-corrected chi connectivity index (χ2v) is 7.29. The van der Waals surface area contributed by atoms with E-state index in [0.29, 0.717) is 37.0 Å². The van der Waals surface area contributed by atoms with Crippen LogP contribution in [-0.2, 0) is 22.6 Å². The molecule has 10 heteroatoms. The zero-order valence-corrected chi connectivity index (χ0v) is 17.7. The van der Waals surface area contributed by atoms with E-state index in [-0.39, 0.29) is 19.0 Å². The molecule has 31 heavy (non-hydrogen) atoms. The van der Waals surface area contributed by atoms with Gasteiger partial charge in [0, 0.05) is 23.5 Å². The van der Waals surface area contributed by atoms with Crippen LogP contribution in [-0.4, -0.2) is 64.1 Å². The van der Waals surface area contributed by atoms with E-state index in [1.54, 1.807) is 29.1 Å². The molecule has 2 aliphatic rings. The molecule has 0 radical (unpaired) electrons. The number of ether oxygens (including phenoxy) is 2. The topological polar surface area (TPSA) is 102 Å². The average molecular weight is 424 g/mol. The predicted molar refractivity (Wildman–Crippen MR) is 113 cm³/mol. The number of carbonyl (C=O) groups is 2. The largest absolute Gasteiger partial charge is 0.496 e. The van der Waals surface area contributed by atoms with Crippen LogP contribution in [0.5, 0.6) is 5.88 Å². The highest BCUT2D eigenvalue weighted by atomic mass is 16.5. The first-order valence-electron chi connectivity index (χ1n) is 9.94. The molecule has 0 aliphatic carbocycles. The number of amides is 3. The molecule has 1 saturated heterocycles. The number of pyridine rings is 1. The molecule has 0 unspecified atom stereocenters. The van der Waals surface area contributed by atoms with Crippen LogP contribution in [0.25, 0.3) is 0 Å². The molecule has 3 amide bonds. The third-order valence-corrected chi connectivity index (χ3v) is 5.20. The van der Waals surface area contributed by atoms with Gasteiger partial charge in [-0.3, -0.25) is 14.5 Å². The summed E-state index contributed by atoms with van der Waals surface area (Å²) in [7, 11) is 1.53. The summed E-state index contributed by atoms with van der Waals surface area (Å²) in [6.45, 7) is 5.64. The van der Waals surface area contributed by atoms with Crippen molar-refractivity contribution in [1.29, 1.82) is 0 Å². The van der Waals surface area contributed by atoms with Crippen LogP contribution in [0.15, 0.2) is 46.9 Å². The number of allylic oxidation sites excluding steroid dienone is 2. The number of carbonyl (C=O) groups excluding carboxylic acids is 2. The Morgan fingerprint density at radius 3 is 2.84 bits per heavy atom. The van der Waals surface area contributed by atoms with Crippen LogP contribution in [0.1, 0.15) is 19.5 Å². The van der Waals surface area contributed by atoms with Gasteiger partial charge in [0.2, 0.25) is 5.88 Å². The van der Waals surface area contributed by atoms with Gasteiger partial charge in [0.1, 0.15) is 13.2 Å². The smallest absolute Gasteiger partial charge is 0.332 e. The van der Waals surface area contributed by atoms with Crippen LogP contribution in [0, 0.1) is 0 Å². The zero-order valence-electron chi connectivity index (χ0n) is 17.7. The van der Waals surface area contributed by atoms with Crippen molar-refractivity contribution < 1.29 is 19.1 Å². The summed E-state index contributed by atoms with van der Waals surface area (Å²) in [5.74, 6) is 0.957. The van der Waals surface area contributed by atoms with Gasteiger partial charge in [-0.15, -0.1) is 0 Å². The molecule has 10 nitrogen and oxygen atoms in total. The van der Waals surface area contributed by atoms with Crippen molar-refractivity contribution in [1.82, 2.24) is 19.7 Å². The number of aliphatic imine (C=N–C) groups is 1. The normalized spacial score (nSPS) is 17.1. The lowest BCUT2D eigenvalue weighted by Crippen LogP contribution is -2.32. The SMILES string of the molecule is COc1cccc(CN2CC(=O)N(c3cnn(CC4=C(C)OCCN=C4C)c3)C2=O)n1. The number of methoxy groups -OCH3 is 1. The van der Waals surface area contributed by atoms with Crippen molar-refractivity contribution in [2.45, 2.75) is 26.9 Å². The lowest BCUT2D eigenvalue weighted by atomic mass is 10.1. The Morgan fingerprint density at radius 2 is 2.03 bits per heavy atom. The number of rotatable bonds is 6. The van der Waals surface area contributed by atoms with Gasteiger partial charge in [-0.1, -0.05) is 6.07 Å². The Hall–Kier alpha value is -3.69. The number of urea groups is 1. The molecule has 0 spiro atoms. The molecule has 1 fully saturated rings. The van der Waals surface area contributed by atoms with E-state index in [1.165, 1.54) is 18.2 Å². The van der Waals surface area contributed by atoms with E-state index in [1.807, 2.05) is 13.8 Å². The molecule has 0 N–H and O–H groups in total. The molecule has 4 heterocycles. The molecule has 4 rings (SSSR count). The van der Waals surface area contributed by atoms with Gasteiger partial charge in [0.25, 0.3) is 5.91 Å². The van der Waals surface area contributed by atoms with E-state index in [9.17, 15) is 9.59 Å². The van der Waals surface area contributed by atoms with E-state index >= 15 is 0 Å². The Bertz CT molecular complexity index is 1070. The van der Waals surface area contributed by atoms with Gasteiger partial charge in [-0.2, -0.15) is 5.10 Å². The average Bonchev–Trinajstić information content (AvgIpc) is 3.27. The minimum absolute atomic E-state index is 0.0211. The monoisotopic (exact) mass is 424 g/mol. The molecule has 0 saturated carbocycles. The number of anilines is 1. The number of aromatic nitrogens is 3. The minimum Gasteiger partial charge on any atom is -0.496 e. The maximum Gasteiger partial charge on any atom is 0.332 e. The molecular formula is C21H24N6O4. The summed E-state index contributed by atoms with van der Waals surface area (Å²) < 4.78 is 12.5. The highest BCUT2D eigenvalue weighted by Gasteiger charge is 2.38. The fourth-order valence-corrected chi connectivity index (χ4v) is 3.57. The third-order valence-electron chi connectivity index (χ3n) is 5.20. The summed E-state index contributed by atoms with van der Waals surface area (Å²) in [4.78, 5) is 36.9. The van der Waals surface area contributed by atoms with Crippen molar-refractivity contribution >= 4 is 23.3 Å². The molecule has 2 aromatic rings. The maximum atomic E-state index is 12.9. The highest BCUT2D eigenvalue weighted by Crippen LogP contribution is 2.23. The molecule has 0 atom stereocenters. The summed E-state index contributed by atoms with van der Waals surface area (Å²) in [6, 6.07) is 4.91. The van der Waals surface area contributed by atoms with Gasteiger partial charge in [-0.25, -0.2) is 14.7 Å². The van der Waals surface area contributed by atoms with Gasteiger partial charge in [0.15, 0.2) is 0 Å². The molecule has 2 aromatic heterocycles. The third kappa shape index (κ3) is 4.27. The lowest BCUT2D eigenvalue weighted by molar-refractivity contribution is -0.116. The maximum absolute atomic E-state index is 12.9. The van der Waals surface area contributed by atoms with Crippen molar-refractivity contribution in [2.75, 3.05) is 31.7 Å². The van der Waals surface area contributed by atoms with Crippen LogP contribution >= 0.6 is 0 Å². The van der Waals surface area contributed by atoms with Crippen molar-refractivity contribution in [3.63, 3.8) is 0 Å². The molecule has 162 valence electrons. The zero-order chi connectivity index (χ0) is 22.0. The number of hydrogen-bond acceptors (Lipinski definition) is 7. The van der Waals surface area contributed by atoms with Crippen LogP contribution in [0.4, 0.5) is 10.5 Å². The van der Waals surface area contributed by atoms with Crippen LogP contribution in [0.2, 0.25) is 0 Å². The predicted octanol–water partition coefficient (Wildman–Crippen LogP) is 2.02. The fraction of sp³-hybridized carbons (Fsp3) is 0.381. The minimum atomic E-state index is -0.403.